The molecule has 1 aromatic rings. The van der Waals surface area contributed by atoms with Gasteiger partial charge in [-0.25, -0.2) is 0 Å². The monoisotopic (exact) mass is 390 g/mol. The second-order valence-corrected chi connectivity index (χ2v) is 7.98. The van der Waals surface area contributed by atoms with Crippen LogP contribution in [-0.4, -0.2) is 29.8 Å². The van der Waals surface area contributed by atoms with Gasteiger partial charge in [0.15, 0.2) is 0 Å². The molecule has 2 aliphatic heterocycles. The molecule has 21 heavy (non-hydrogen) atoms. The number of alkyl halides is 1. The summed E-state index contributed by atoms with van der Waals surface area (Å²) in [7, 11) is 0. The zero-order valence-electron chi connectivity index (χ0n) is 11.9. The Morgan fingerprint density at radius 1 is 1.38 bits per heavy atom. The minimum atomic E-state index is 0.0646. The zero-order chi connectivity index (χ0) is 14.7. The van der Waals surface area contributed by atoms with Crippen molar-refractivity contribution in [2.75, 3.05) is 18.1 Å². The largest absolute Gasteiger partial charge is 0.490 e. The average Bonchev–Trinajstić information content (AvgIpc) is 2.50. The maximum Gasteiger partial charge on any atom is 0.123 e. The standard InChI is InChI=1S/C16H20BrClO2S/c17-11-12-9-13(18)1-2-15(12)20-14-3-6-19-16(10-14)4-7-21-8-5-16/h1-2,9,14H,3-8,10-11H2. The maximum absolute atomic E-state index is 6.28. The topological polar surface area (TPSA) is 18.5 Å². The minimum Gasteiger partial charge on any atom is -0.490 e. The van der Waals surface area contributed by atoms with E-state index in [9.17, 15) is 0 Å². The molecule has 3 rings (SSSR count). The highest BCUT2D eigenvalue weighted by atomic mass is 79.9. The van der Waals surface area contributed by atoms with E-state index >= 15 is 0 Å². The van der Waals surface area contributed by atoms with E-state index in [1.807, 2.05) is 30.0 Å². The fourth-order valence-corrected chi connectivity index (χ4v) is 4.99. The fraction of sp³-hybridized carbons (Fsp3) is 0.625. The van der Waals surface area contributed by atoms with E-state index in [1.165, 1.54) is 11.5 Å². The second kappa shape index (κ2) is 7.12. The predicted molar refractivity (Wildman–Crippen MR) is 93.0 cm³/mol. The molecule has 2 aliphatic rings. The average molecular weight is 392 g/mol. The highest BCUT2D eigenvalue weighted by Crippen LogP contribution is 2.39. The van der Waals surface area contributed by atoms with Crippen LogP contribution in [0, 0.1) is 0 Å². The van der Waals surface area contributed by atoms with Crippen molar-refractivity contribution >= 4 is 39.3 Å². The van der Waals surface area contributed by atoms with Crippen molar-refractivity contribution in [2.24, 2.45) is 0 Å². The summed E-state index contributed by atoms with van der Waals surface area (Å²) in [6.07, 6.45) is 4.55. The molecule has 2 heterocycles. The van der Waals surface area contributed by atoms with Gasteiger partial charge in [0.1, 0.15) is 11.9 Å². The van der Waals surface area contributed by atoms with Gasteiger partial charge in [-0.1, -0.05) is 27.5 Å². The minimum absolute atomic E-state index is 0.0646. The highest BCUT2D eigenvalue weighted by molar-refractivity contribution is 9.08. The number of benzene rings is 1. The summed E-state index contributed by atoms with van der Waals surface area (Å²) in [5.41, 5.74) is 1.18. The van der Waals surface area contributed by atoms with Gasteiger partial charge in [0, 0.05) is 28.8 Å². The Labute approximate surface area is 144 Å². The second-order valence-electron chi connectivity index (χ2n) is 5.76. The van der Waals surface area contributed by atoms with Crippen molar-refractivity contribution in [3.63, 3.8) is 0 Å². The van der Waals surface area contributed by atoms with Crippen molar-refractivity contribution in [3.8, 4) is 5.75 Å². The molecule has 2 nitrogen and oxygen atoms in total. The van der Waals surface area contributed by atoms with Gasteiger partial charge in [0.05, 0.1) is 12.2 Å². The molecule has 1 aromatic carbocycles. The smallest absolute Gasteiger partial charge is 0.123 e. The summed E-state index contributed by atoms with van der Waals surface area (Å²) in [4.78, 5) is 0. The van der Waals surface area contributed by atoms with Crippen molar-refractivity contribution in [2.45, 2.75) is 42.7 Å². The summed E-state index contributed by atoms with van der Waals surface area (Å²) >= 11 is 11.6. The van der Waals surface area contributed by atoms with Crippen molar-refractivity contribution in [3.05, 3.63) is 28.8 Å². The van der Waals surface area contributed by atoms with Gasteiger partial charge < -0.3 is 9.47 Å². The number of hydrogen-bond acceptors (Lipinski definition) is 3. The van der Waals surface area contributed by atoms with Crippen LogP contribution >= 0.6 is 39.3 Å². The first-order valence-corrected chi connectivity index (χ1v) is 10.1. The maximum atomic E-state index is 6.28. The molecule has 0 radical (unpaired) electrons. The molecule has 0 aliphatic carbocycles. The zero-order valence-corrected chi connectivity index (χ0v) is 15.1. The van der Waals surface area contributed by atoms with Crippen LogP contribution in [0.25, 0.3) is 0 Å². The van der Waals surface area contributed by atoms with Crippen molar-refractivity contribution in [1.82, 2.24) is 0 Å². The predicted octanol–water partition coefficient (Wildman–Crippen LogP) is 5.06. The van der Waals surface area contributed by atoms with Crippen LogP contribution in [0.15, 0.2) is 18.2 Å². The molecule has 0 saturated carbocycles. The Morgan fingerprint density at radius 3 is 2.95 bits per heavy atom. The molecule has 5 heteroatoms. The lowest BCUT2D eigenvalue weighted by Gasteiger charge is -2.43. The molecule has 0 amide bonds. The lowest BCUT2D eigenvalue weighted by Crippen LogP contribution is -2.46. The lowest BCUT2D eigenvalue weighted by atomic mass is 9.86. The summed E-state index contributed by atoms with van der Waals surface area (Å²) < 4.78 is 12.4. The van der Waals surface area contributed by atoms with Crippen LogP contribution in [-0.2, 0) is 10.1 Å². The van der Waals surface area contributed by atoms with E-state index in [4.69, 9.17) is 21.1 Å². The number of halogens is 2. The number of thioether (sulfide) groups is 1. The first-order valence-electron chi connectivity index (χ1n) is 7.43. The van der Waals surface area contributed by atoms with Crippen LogP contribution in [0.3, 0.4) is 0 Å². The molecule has 1 unspecified atom stereocenters. The molecule has 0 aromatic heterocycles. The van der Waals surface area contributed by atoms with Crippen molar-refractivity contribution in [1.29, 1.82) is 0 Å². The van der Waals surface area contributed by atoms with E-state index < -0.39 is 0 Å². The highest BCUT2D eigenvalue weighted by Gasteiger charge is 2.39. The third-order valence-corrected chi connectivity index (χ3v) is 6.14. The molecular formula is C16H20BrClO2S. The molecule has 116 valence electrons. The Kier molecular flexibility index (Phi) is 5.41. The number of rotatable bonds is 3. The summed E-state index contributed by atoms with van der Waals surface area (Å²) in [6, 6.07) is 5.85. The molecule has 0 bridgehead atoms. The van der Waals surface area contributed by atoms with E-state index in [1.54, 1.807) is 0 Å². The molecule has 0 N–H and O–H groups in total. The van der Waals surface area contributed by atoms with Gasteiger partial charge in [-0.15, -0.1) is 0 Å². The molecule has 1 atom stereocenters. The number of hydrogen-bond donors (Lipinski definition) is 0. The number of ether oxygens (including phenoxy) is 2. The van der Waals surface area contributed by atoms with E-state index in [2.05, 4.69) is 15.9 Å². The molecule has 2 fully saturated rings. The van der Waals surface area contributed by atoms with Gasteiger partial charge >= 0.3 is 0 Å². The first kappa shape index (κ1) is 16.0. The van der Waals surface area contributed by atoms with Crippen LogP contribution < -0.4 is 4.74 Å². The van der Waals surface area contributed by atoms with Gasteiger partial charge in [0.2, 0.25) is 0 Å². The van der Waals surface area contributed by atoms with Crippen LogP contribution in [0.2, 0.25) is 5.02 Å². The van der Waals surface area contributed by atoms with Gasteiger partial charge in [-0.2, -0.15) is 11.8 Å². The Balaban J connectivity index is 1.70. The van der Waals surface area contributed by atoms with Gasteiger partial charge in [0.25, 0.3) is 0 Å². The van der Waals surface area contributed by atoms with Crippen LogP contribution in [0.1, 0.15) is 31.2 Å². The summed E-state index contributed by atoms with van der Waals surface area (Å²) in [5, 5.41) is 1.51. The Morgan fingerprint density at radius 2 is 2.19 bits per heavy atom. The quantitative estimate of drug-likeness (QED) is 0.671. The SMILES string of the molecule is Clc1ccc(OC2CCOC3(CCSCC3)C2)c(CBr)c1. The van der Waals surface area contributed by atoms with Crippen molar-refractivity contribution < 1.29 is 9.47 Å². The third kappa shape index (κ3) is 3.90. The Bertz CT molecular complexity index is 486. The van der Waals surface area contributed by atoms with Gasteiger partial charge in [-0.05, 0) is 42.5 Å². The first-order chi connectivity index (χ1) is 10.2. The normalized spacial score (nSPS) is 25.0. The van der Waals surface area contributed by atoms with E-state index in [0.717, 1.165) is 54.0 Å². The Hall–Kier alpha value is 0.1000. The van der Waals surface area contributed by atoms with Gasteiger partial charge in [-0.3, -0.25) is 0 Å². The van der Waals surface area contributed by atoms with E-state index in [0.29, 0.717) is 0 Å². The fourth-order valence-electron chi connectivity index (χ4n) is 3.12. The lowest BCUT2D eigenvalue weighted by molar-refractivity contribution is -0.116. The van der Waals surface area contributed by atoms with Crippen LogP contribution in [0.5, 0.6) is 5.75 Å². The molecular weight excluding hydrogens is 372 g/mol. The summed E-state index contributed by atoms with van der Waals surface area (Å²) in [5.74, 6) is 3.36. The summed E-state index contributed by atoms with van der Waals surface area (Å²) in [6.45, 7) is 0.812. The van der Waals surface area contributed by atoms with E-state index in [-0.39, 0.29) is 11.7 Å². The molecule has 1 spiro atoms. The third-order valence-electron chi connectivity index (χ3n) is 4.31. The van der Waals surface area contributed by atoms with Crippen LogP contribution in [0.4, 0.5) is 0 Å². The molecule has 2 saturated heterocycles.